The highest BCUT2D eigenvalue weighted by molar-refractivity contribution is 6.58. The Morgan fingerprint density at radius 3 is 2.10 bits per heavy atom. The van der Waals surface area contributed by atoms with Crippen molar-refractivity contribution >= 4 is 69.6 Å². The van der Waals surface area contributed by atoms with Gasteiger partial charge in [-0.2, -0.15) is 0 Å². The number of benzene rings is 4. The molecule has 0 radical (unpaired) electrons. The molecular weight excluding hydrogens is 680 g/mol. The third-order valence-electron chi connectivity index (χ3n) is 10.6. The van der Waals surface area contributed by atoms with E-state index in [9.17, 15) is 28.7 Å². The standard InChI is InChI=1S/C39H30Cl2FN3O5/c1-21-19-22(7-18-31(21)46)33-28-16-17-29-32(35(48)44(34(29)47)26-14-10-25(11-15-26)43-24-5-3-2-4-6-24)30(28)20-38(40)36(49)45(37(50)39(33,38)41)27-12-8-23(42)9-13-27/h2-16,18-19,29-30,32-33,43,46H,17,20H2,1H3/t29-,30+,32-,33-,38+,39-/m0/s1. The molecule has 3 fully saturated rings. The van der Waals surface area contributed by atoms with E-state index in [-0.39, 0.29) is 30.2 Å². The van der Waals surface area contributed by atoms with Gasteiger partial charge in [-0.05, 0) is 104 Å². The maximum Gasteiger partial charge on any atom is 0.258 e. The molecule has 2 aliphatic heterocycles. The Hall–Kier alpha value is -4.99. The fraction of sp³-hybridized carbons (Fsp3) is 0.231. The zero-order valence-corrected chi connectivity index (χ0v) is 28.2. The Bertz CT molecular complexity index is 2130. The fourth-order valence-corrected chi connectivity index (χ4v) is 9.20. The van der Waals surface area contributed by atoms with E-state index in [1.807, 2.05) is 36.4 Å². The molecule has 252 valence electrons. The molecule has 0 bridgehead atoms. The van der Waals surface area contributed by atoms with Gasteiger partial charge in [-0.25, -0.2) is 9.29 Å². The molecular formula is C39H30Cl2FN3O5. The minimum absolute atomic E-state index is 0.0264. The molecule has 4 aliphatic rings. The summed E-state index contributed by atoms with van der Waals surface area (Å²) in [4.78, 5) is 55.3. The van der Waals surface area contributed by atoms with Crippen molar-refractivity contribution in [2.24, 2.45) is 17.8 Å². The highest BCUT2D eigenvalue weighted by Gasteiger charge is 2.76. The number of amides is 4. The summed E-state index contributed by atoms with van der Waals surface area (Å²) in [6.45, 7) is 1.70. The Kier molecular flexibility index (Phi) is 7.44. The first-order chi connectivity index (χ1) is 23.9. The third-order valence-corrected chi connectivity index (χ3v) is 12.1. The second-order valence-corrected chi connectivity index (χ2v) is 14.6. The molecule has 0 spiro atoms. The zero-order chi connectivity index (χ0) is 35.1. The van der Waals surface area contributed by atoms with E-state index in [0.29, 0.717) is 22.4 Å². The molecule has 4 aromatic carbocycles. The number of nitrogens with one attached hydrogen (secondary N) is 1. The lowest BCUT2D eigenvalue weighted by molar-refractivity contribution is -0.125. The number of aryl methyl sites for hydroxylation is 1. The second kappa shape index (κ2) is 11.5. The fourth-order valence-electron chi connectivity index (χ4n) is 8.27. The molecule has 4 amide bonds. The number of phenols is 1. The van der Waals surface area contributed by atoms with Crippen LogP contribution in [0.5, 0.6) is 5.75 Å². The number of anilines is 4. The maximum absolute atomic E-state index is 14.5. The molecule has 0 aromatic heterocycles. The van der Waals surface area contributed by atoms with Crippen LogP contribution < -0.4 is 15.1 Å². The number of aromatic hydroxyl groups is 1. The lowest BCUT2D eigenvalue weighted by Gasteiger charge is -2.50. The van der Waals surface area contributed by atoms with Gasteiger partial charge in [0, 0.05) is 17.3 Å². The first-order valence-electron chi connectivity index (χ1n) is 16.3. The van der Waals surface area contributed by atoms with Crippen LogP contribution >= 0.6 is 23.2 Å². The predicted octanol–water partition coefficient (Wildman–Crippen LogP) is 7.35. The summed E-state index contributed by atoms with van der Waals surface area (Å²) in [5.74, 6) is -6.18. The van der Waals surface area contributed by atoms with Crippen LogP contribution in [-0.2, 0) is 19.2 Å². The van der Waals surface area contributed by atoms with E-state index in [4.69, 9.17) is 23.2 Å². The molecule has 8 rings (SSSR count). The normalized spacial score (nSPS) is 28.7. The number of hydrogen-bond donors (Lipinski definition) is 2. The molecule has 6 atom stereocenters. The lowest BCUT2D eigenvalue weighted by atomic mass is 9.56. The molecule has 50 heavy (non-hydrogen) atoms. The first-order valence-corrected chi connectivity index (χ1v) is 17.0. The molecule has 0 unspecified atom stereocenters. The van der Waals surface area contributed by atoms with Gasteiger partial charge >= 0.3 is 0 Å². The van der Waals surface area contributed by atoms with Gasteiger partial charge in [0.1, 0.15) is 11.6 Å². The number of para-hydroxylation sites is 1. The average Bonchev–Trinajstić information content (AvgIpc) is 3.45. The van der Waals surface area contributed by atoms with Gasteiger partial charge in [-0.1, -0.05) is 42.0 Å². The lowest BCUT2D eigenvalue weighted by Crippen LogP contribution is -2.60. The molecule has 2 aliphatic carbocycles. The molecule has 8 nitrogen and oxygen atoms in total. The molecule has 2 saturated heterocycles. The summed E-state index contributed by atoms with van der Waals surface area (Å²) in [6.07, 6.45) is 1.89. The van der Waals surface area contributed by atoms with Crippen molar-refractivity contribution in [1.82, 2.24) is 0 Å². The van der Waals surface area contributed by atoms with E-state index < -0.39 is 57.0 Å². The van der Waals surface area contributed by atoms with Crippen LogP contribution in [0.4, 0.5) is 27.1 Å². The van der Waals surface area contributed by atoms with Gasteiger partial charge in [-0.3, -0.25) is 24.1 Å². The highest BCUT2D eigenvalue weighted by atomic mass is 35.5. The van der Waals surface area contributed by atoms with Gasteiger partial charge in [0.25, 0.3) is 11.8 Å². The molecule has 1 saturated carbocycles. The molecule has 2 N–H and O–H groups in total. The molecule has 4 aromatic rings. The number of carbonyl (C=O) groups is 4. The largest absolute Gasteiger partial charge is 0.508 e. The second-order valence-electron chi connectivity index (χ2n) is 13.3. The Balaban J connectivity index is 1.20. The van der Waals surface area contributed by atoms with E-state index in [2.05, 4.69) is 5.32 Å². The number of rotatable bonds is 5. The smallest absolute Gasteiger partial charge is 0.258 e. The summed E-state index contributed by atoms with van der Waals surface area (Å²) in [5, 5.41) is 13.7. The van der Waals surface area contributed by atoms with Crippen LogP contribution in [0.15, 0.2) is 109 Å². The topological polar surface area (TPSA) is 107 Å². The van der Waals surface area contributed by atoms with Crippen molar-refractivity contribution in [3.63, 3.8) is 0 Å². The maximum atomic E-state index is 14.5. The number of alkyl halides is 2. The predicted molar refractivity (Wildman–Crippen MR) is 188 cm³/mol. The summed E-state index contributed by atoms with van der Waals surface area (Å²) in [7, 11) is 0. The van der Waals surface area contributed by atoms with Crippen LogP contribution in [0.3, 0.4) is 0 Å². The first kappa shape index (κ1) is 32.2. The summed E-state index contributed by atoms with van der Waals surface area (Å²) in [5.41, 5.74) is 3.85. The minimum Gasteiger partial charge on any atom is -0.508 e. The SMILES string of the molecule is Cc1cc([C@H]2C3=CC[C@@H]4C(=O)N(c5ccc(Nc6ccccc6)cc5)C(=O)[C@@H]4[C@@H]3C[C@@]3(Cl)C(=O)N(c4ccc(F)cc4)C(=O)[C@@]23Cl)ccc1O. The van der Waals surface area contributed by atoms with Crippen LogP contribution in [0, 0.1) is 30.5 Å². The quantitative estimate of drug-likeness (QED) is 0.128. The Morgan fingerprint density at radius 1 is 0.780 bits per heavy atom. The molecule has 11 heteroatoms. The number of imide groups is 2. The molecule has 2 heterocycles. The van der Waals surface area contributed by atoms with Crippen LogP contribution in [0.25, 0.3) is 0 Å². The number of nitrogens with zero attached hydrogens (tertiary/aromatic N) is 2. The van der Waals surface area contributed by atoms with Gasteiger partial charge in [0.05, 0.1) is 23.2 Å². The highest BCUT2D eigenvalue weighted by Crippen LogP contribution is 2.66. The van der Waals surface area contributed by atoms with Crippen LogP contribution in [0.2, 0.25) is 0 Å². The Labute approximate surface area is 297 Å². The number of hydrogen-bond acceptors (Lipinski definition) is 6. The third kappa shape index (κ3) is 4.56. The minimum atomic E-state index is -2.05. The monoisotopic (exact) mass is 709 g/mol. The Morgan fingerprint density at radius 2 is 1.42 bits per heavy atom. The van der Waals surface area contributed by atoms with Crippen molar-refractivity contribution in [3.8, 4) is 5.75 Å². The van der Waals surface area contributed by atoms with Gasteiger partial charge in [0.15, 0.2) is 9.75 Å². The van der Waals surface area contributed by atoms with E-state index >= 15 is 0 Å². The van der Waals surface area contributed by atoms with Crippen molar-refractivity contribution in [2.45, 2.75) is 35.4 Å². The summed E-state index contributed by atoms with van der Waals surface area (Å²) in [6, 6.07) is 26.3. The van der Waals surface area contributed by atoms with Gasteiger partial charge in [-0.15, -0.1) is 23.2 Å². The van der Waals surface area contributed by atoms with Crippen molar-refractivity contribution in [3.05, 3.63) is 126 Å². The van der Waals surface area contributed by atoms with Crippen molar-refractivity contribution in [1.29, 1.82) is 0 Å². The zero-order valence-electron chi connectivity index (χ0n) is 26.6. The number of carbonyl (C=O) groups excluding carboxylic acids is 4. The summed E-state index contributed by atoms with van der Waals surface area (Å²) >= 11 is 14.8. The van der Waals surface area contributed by atoms with Crippen LogP contribution in [-0.4, -0.2) is 38.5 Å². The van der Waals surface area contributed by atoms with E-state index in [1.54, 1.807) is 43.3 Å². The van der Waals surface area contributed by atoms with E-state index in [1.165, 1.54) is 23.1 Å². The van der Waals surface area contributed by atoms with Gasteiger partial charge < -0.3 is 10.4 Å². The number of halogens is 3. The summed E-state index contributed by atoms with van der Waals surface area (Å²) < 4.78 is 13.9. The number of fused-ring (bicyclic) bond motifs is 4. The average molecular weight is 711 g/mol. The van der Waals surface area contributed by atoms with E-state index in [0.717, 1.165) is 28.4 Å². The number of allylic oxidation sites excluding steroid dienone is 2. The van der Waals surface area contributed by atoms with Gasteiger partial charge in [0.2, 0.25) is 11.8 Å². The van der Waals surface area contributed by atoms with Crippen molar-refractivity contribution in [2.75, 3.05) is 15.1 Å². The van der Waals surface area contributed by atoms with Crippen LogP contribution in [0.1, 0.15) is 29.9 Å². The number of phenolic OH excluding ortho intramolecular Hbond substituents is 1. The van der Waals surface area contributed by atoms with Crippen molar-refractivity contribution < 1.29 is 28.7 Å².